The lowest BCUT2D eigenvalue weighted by atomic mass is 10.1. The number of rotatable bonds is 12. The van der Waals surface area contributed by atoms with E-state index in [0.29, 0.717) is 17.3 Å². The summed E-state index contributed by atoms with van der Waals surface area (Å²) in [6.07, 6.45) is 1.91. The number of benzene rings is 3. The smallest absolute Gasteiger partial charge is 0.264 e. The van der Waals surface area contributed by atoms with Crippen LogP contribution < -0.4 is 9.62 Å². The highest BCUT2D eigenvalue weighted by molar-refractivity contribution is 7.98. The van der Waals surface area contributed by atoms with Crippen molar-refractivity contribution in [1.82, 2.24) is 10.2 Å². The second-order valence-corrected chi connectivity index (χ2v) is 13.2. The summed E-state index contributed by atoms with van der Waals surface area (Å²) < 4.78 is 28.9. The molecule has 0 saturated carbocycles. The van der Waals surface area contributed by atoms with Gasteiger partial charge in [0.15, 0.2) is 0 Å². The molecule has 214 valence electrons. The average molecular weight is 602 g/mol. The Balaban J connectivity index is 2.01. The highest BCUT2D eigenvalue weighted by Gasteiger charge is 2.32. The number of sulfonamides is 1. The van der Waals surface area contributed by atoms with Gasteiger partial charge in [-0.15, -0.1) is 11.8 Å². The number of aryl methyl sites for hydroxylation is 1. The summed E-state index contributed by atoms with van der Waals surface area (Å²) in [7, 11) is -4.11. The van der Waals surface area contributed by atoms with Gasteiger partial charge in [-0.2, -0.15) is 0 Å². The Morgan fingerprint density at radius 2 is 1.62 bits per heavy atom. The highest BCUT2D eigenvalue weighted by atomic mass is 35.5. The second kappa shape index (κ2) is 14.1. The van der Waals surface area contributed by atoms with Crippen LogP contribution in [0.5, 0.6) is 0 Å². The maximum atomic E-state index is 13.9. The minimum atomic E-state index is -4.11. The molecule has 0 heterocycles. The molecule has 3 aromatic carbocycles. The second-order valence-electron chi connectivity index (χ2n) is 9.99. The number of hydrogen-bond acceptors (Lipinski definition) is 5. The van der Waals surface area contributed by atoms with E-state index in [0.717, 1.165) is 20.3 Å². The van der Waals surface area contributed by atoms with E-state index in [4.69, 9.17) is 11.6 Å². The van der Waals surface area contributed by atoms with Crippen LogP contribution in [0.2, 0.25) is 5.02 Å². The van der Waals surface area contributed by atoms with E-state index in [1.807, 2.05) is 33.1 Å². The van der Waals surface area contributed by atoms with Gasteiger partial charge in [0.25, 0.3) is 10.0 Å². The molecule has 0 aliphatic carbocycles. The Morgan fingerprint density at radius 1 is 0.975 bits per heavy atom. The molecule has 1 unspecified atom stereocenters. The number of carbonyl (C=O) groups is 2. The normalized spacial score (nSPS) is 12.2. The molecule has 0 aliphatic heterocycles. The molecule has 0 spiro atoms. The predicted molar refractivity (Wildman–Crippen MR) is 163 cm³/mol. The van der Waals surface area contributed by atoms with Crippen molar-refractivity contribution in [3.05, 3.63) is 88.9 Å². The molecule has 40 heavy (non-hydrogen) atoms. The fourth-order valence-electron chi connectivity index (χ4n) is 3.98. The van der Waals surface area contributed by atoms with E-state index < -0.39 is 28.5 Å². The van der Waals surface area contributed by atoms with Crippen LogP contribution in [0, 0.1) is 12.8 Å². The standard InChI is InChI=1S/C30H36ClN3O4S2/c1-21(2)18-32-30(36)23(4)33(19-24-7-6-8-25(31)17-24)29(35)20-34(26-11-9-22(3)10-12-26)40(37,38)28-15-13-27(39-5)14-16-28/h6-17,21,23H,18-20H2,1-5H3,(H,32,36). The van der Waals surface area contributed by atoms with Crippen LogP contribution in [-0.4, -0.2) is 50.5 Å². The van der Waals surface area contributed by atoms with Crippen molar-refractivity contribution in [2.45, 2.75) is 50.1 Å². The van der Waals surface area contributed by atoms with Crippen molar-refractivity contribution in [2.75, 3.05) is 23.7 Å². The average Bonchev–Trinajstić information content (AvgIpc) is 2.93. The van der Waals surface area contributed by atoms with E-state index in [9.17, 15) is 18.0 Å². The molecule has 0 aliphatic rings. The van der Waals surface area contributed by atoms with E-state index >= 15 is 0 Å². The molecule has 0 fully saturated rings. The fraction of sp³-hybridized carbons (Fsp3) is 0.333. The van der Waals surface area contributed by atoms with Gasteiger partial charge in [-0.1, -0.05) is 55.3 Å². The molecular weight excluding hydrogens is 566 g/mol. The van der Waals surface area contributed by atoms with Crippen molar-refractivity contribution >= 4 is 50.9 Å². The lowest BCUT2D eigenvalue weighted by Gasteiger charge is -2.32. The molecule has 0 saturated heterocycles. The number of nitrogens with zero attached hydrogens (tertiary/aromatic N) is 2. The topological polar surface area (TPSA) is 86.8 Å². The minimum absolute atomic E-state index is 0.0720. The third-order valence-corrected chi connectivity index (χ3v) is 9.11. The summed E-state index contributed by atoms with van der Waals surface area (Å²) in [5.41, 5.74) is 2.03. The lowest BCUT2D eigenvalue weighted by Crippen LogP contribution is -2.51. The predicted octanol–water partition coefficient (Wildman–Crippen LogP) is 5.76. The van der Waals surface area contributed by atoms with Gasteiger partial charge in [-0.05, 0) is 80.1 Å². The van der Waals surface area contributed by atoms with Gasteiger partial charge in [-0.3, -0.25) is 13.9 Å². The number of carbonyl (C=O) groups excluding carboxylic acids is 2. The van der Waals surface area contributed by atoms with Crippen LogP contribution in [0.3, 0.4) is 0 Å². The Kier molecular flexibility index (Phi) is 11.1. The quantitative estimate of drug-likeness (QED) is 0.267. The number of hydrogen-bond donors (Lipinski definition) is 1. The third-order valence-electron chi connectivity index (χ3n) is 6.34. The largest absolute Gasteiger partial charge is 0.354 e. The molecule has 1 atom stereocenters. The van der Waals surface area contributed by atoms with Crippen LogP contribution in [0.1, 0.15) is 31.9 Å². The molecule has 10 heteroatoms. The SMILES string of the molecule is CSc1ccc(S(=O)(=O)N(CC(=O)N(Cc2cccc(Cl)c2)C(C)C(=O)NCC(C)C)c2ccc(C)cc2)cc1. The fourth-order valence-corrected chi connectivity index (χ4v) is 6.02. The van der Waals surface area contributed by atoms with E-state index in [1.54, 1.807) is 73.7 Å². The van der Waals surface area contributed by atoms with E-state index in [-0.39, 0.29) is 23.3 Å². The molecule has 0 bridgehead atoms. The molecule has 2 amide bonds. The summed E-state index contributed by atoms with van der Waals surface area (Å²) in [5.74, 6) is -0.605. The first-order chi connectivity index (χ1) is 18.9. The minimum Gasteiger partial charge on any atom is -0.354 e. The van der Waals surface area contributed by atoms with Crippen molar-refractivity contribution < 1.29 is 18.0 Å². The molecule has 3 aromatic rings. The first kappa shape index (κ1) is 31.5. The monoisotopic (exact) mass is 601 g/mol. The van der Waals surface area contributed by atoms with Gasteiger partial charge in [-0.25, -0.2) is 8.42 Å². The zero-order chi connectivity index (χ0) is 29.4. The third kappa shape index (κ3) is 8.25. The van der Waals surface area contributed by atoms with Crippen molar-refractivity contribution in [3.8, 4) is 0 Å². The van der Waals surface area contributed by atoms with Crippen LogP contribution in [0.4, 0.5) is 5.69 Å². The summed E-state index contributed by atoms with van der Waals surface area (Å²) >= 11 is 7.70. The Hall–Kier alpha value is -3.01. The molecule has 1 N–H and O–H groups in total. The summed E-state index contributed by atoms with van der Waals surface area (Å²) in [6.45, 7) is 7.56. The Labute approximate surface area is 247 Å². The maximum absolute atomic E-state index is 13.9. The summed E-state index contributed by atoms with van der Waals surface area (Å²) in [6, 6.07) is 19.7. The van der Waals surface area contributed by atoms with Crippen LogP contribution in [-0.2, 0) is 26.2 Å². The van der Waals surface area contributed by atoms with Gasteiger partial charge in [0, 0.05) is 23.0 Å². The molecule has 7 nitrogen and oxygen atoms in total. The van der Waals surface area contributed by atoms with Crippen LogP contribution in [0.25, 0.3) is 0 Å². The summed E-state index contributed by atoms with van der Waals surface area (Å²) in [5, 5.41) is 3.38. The number of amides is 2. The molecular formula is C30H36ClN3O4S2. The van der Waals surface area contributed by atoms with Crippen LogP contribution >= 0.6 is 23.4 Å². The number of nitrogens with one attached hydrogen (secondary N) is 1. The zero-order valence-corrected chi connectivity index (χ0v) is 25.8. The van der Waals surface area contributed by atoms with E-state index in [2.05, 4.69) is 5.32 Å². The molecule has 0 aromatic heterocycles. The lowest BCUT2D eigenvalue weighted by molar-refractivity contribution is -0.139. The zero-order valence-electron chi connectivity index (χ0n) is 23.4. The number of halogens is 1. The molecule has 3 rings (SSSR count). The number of anilines is 1. The Bertz CT molecular complexity index is 1410. The summed E-state index contributed by atoms with van der Waals surface area (Å²) in [4.78, 5) is 29.4. The maximum Gasteiger partial charge on any atom is 0.264 e. The first-order valence-corrected chi connectivity index (χ1v) is 16.0. The Morgan fingerprint density at radius 3 is 2.20 bits per heavy atom. The molecule has 0 radical (unpaired) electrons. The van der Waals surface area contributed by atoms with E-state index in [1.165, 1.54) is 16.7 Å². The van der Waals surface area contributed by atoms with Gasteiger partial charge < -0.3 is 10.2 Å². The van der Waals surface area contributed by atoms with Crippen LogP contribution in [0.15, 0.2) is 82.6 Å². The van der Waals surface area contributed by atoms with Gasteiger partial charge in [0.05, 0.1) is 10.6 Å². The van der Waals surface area contributed by atoms with Gasteiger partial charge >= 0.3 is 0 Å². The highest BCUT2D eigenvalue weighted by Crippen LogP contribution is 2.26. The van der Waals surface area contributed by atoms with Gasteiger partial charge in [0.2, 0.25) is 11.8 Å². The van der Waals surface area contributed by atoms with Crippen molar-refractivity contribution in [3.63, 3.8) is 0 Å². The first-order valence-electron chi connectivity index (χ1n) is 13.0. The van der Waals surface area contributed by atoms with Crippen molar-refractivity contribution in [2.24, 2.45) is 5.92 Å². The van der Waals surface area contributed by atoms with Gasteiger partial charge in [0.1, 0.15) is 12.6 Å². The number of thioether (sulfide) groups is 1. The van der Waals surface area contributed by atoms with Crippen molar-refractivity contribution in [1.29, 1.82) is 0 Å².